The van der Waals surface area contributed by atoms with Crippen molar-refractivity contribution in [2.75, 3.05) is 24.8 Å². The molecule has 1 atom stereocenters. The van der Waals surface area contributed by atoms with E-state index in [1.54, 1.807) is 29.5 Å². The highest BCUT2D eigenvalue weighted by Crippen LogP contribution is 2.33. The fourth-order valence-corrected chi connectivity index (χ4v) is 4.69. The number of hydrazine groups is 1. The van der Waals surface area contributed by atoms with E-state index in [9.17, 15) is 9.59 Å². The first-order valence-corrected chi connectivity index (χ1v) is 10.6. The summed E-state index contributed by atoms with van der Waals surface area (Å²) < 4.78 is 11.7. The number of fused-ring (bicyclic) bond motifs is 2. The lowest BCUT2D eigenvalue weighted by Gasteiger charge is -2.31. The molecule has 1 saturated heterocycles. The zero-order valence-corrected chi connectivity index (χ0v) is 16.9. The molecule has 30 heavy (non-hydrogen) atoms. The van der Waals surface area contributed by atoms with Gasteiger partial charge in [0.2, 0.25) is 12.7 Å². The molecule has 2 N–H and O–H groups in total. The van der Waals surface area contributed by atoms with Crippen molar-refractivity contribution in [2.45, 2.75) is 12.8 Å². The normalized spacial score (nSPS) is 17.7. The second-order valence-electron chi connectivity index (χ2n) is 7.26. The van der Waals surface area contributed by atoms with Crippen LogP contribution in [-0.4, -0.2) is 36.7 Å². The van der Waals surface area contributed by atoms with E-state index in [2.05, 4.69) is 21.8 Å². The lowest BCUT2D eigenvalue weighted by Crippen LogP contribution is -2.49. The number of hydrogen-bond acceptors (Lipinski definition) is 7. The molecule has 0 saturated carbocycles. The summed E-state index contributed by atoms with van der Waals surface area (Å²) in [7, 11) is 0. The number of rotatable bonds is 3. The number of benzene rings is 2. The highest BCUT2D eigenvalue weighted by Gasteiger charge is 2.28. The largest absolute Gasteiger partial charge is 0.454 e. The summed E-state index contributed by atoms with van der Waals surface area (Å²) in [5.41, 5.74) is 6.42. The number of piperidine rings is 1. The second kappa shape index (κ2) is 7.83. The van der Waals surface area contributed by atoms with Crippen LogP contribution < -0.4 is 25.2 Å². The molecule has 0 aliphatic carbocycles. The molecule has 2 aliphatic heterocycles. The van der Waals surface area contributed by atoms with Gasteiger partial charge in [-0.25, -0.2) is 4.98 Å². The Hall–Kier alpha value is -3.33. The summed E-state index contributed by atoms with van der Waals surface area (Å²) in [6.45, 7) is 1.59. The number of anilines is 1. The number of carbonyl (C=O) groups excluding carboxylic acids is 2. The Kier molecular flexibility index (Phi) is 4.88. The fourth-order valence-electron chi connectivity index (χ4n) is 3.69. The van der Waals surface area contributed by atoms with E-state index in [-0.39, 0.29) is 18.6 Å². The minimum Gasteiger partial charge on any atom is -0.454 e. The lowest BCUT2D eigenvalue weighted by atomic mass is 9.98. The number of carbonyl (C=O) groups is 2. The maximum atomic E-state index is 12.7. The Morgan fingerprint density at radius 3 is 2.87 bits per heavy atom. The third kappa shape index (κ3) is 3.63. The number of para-hydroxylation sites is 1. The van der Waals surface area contributed by atoms with Crippen LogP contribution in [0.15, 0.2) is 42.5 Å². The van der Waals surface area contributed by atoms with Crippen LogP contribution in [0.3, 0.4) is 0 Å². The van der Waals surface area contributed by atoms with Gasteiger partial charge in [-0.1, -0.05) is 23.5 Å². The second-order valence-corrected chi connectivity index (χ2v) is 8.27. The third-order valence-electron chi connectivity index (χ3n) is 5.28. The summed E-state index contributed by atoms with van der Waals surface area (Å²) >= 11 is 1.63. The Balaban J connectivity index is 1.20. The highest BCUT2D eigenvalue weighted by atomic mass is 32.1. The molecule has 1 aromatic heterocycles. The van der Waals surface area contributed by atoms with E-state index in [0.717, 1.165) is 34.7 Å². The van der Waals surface area contributed by atoms with E-state index in [1.165, 1.54) is 0 Å². The number of ether oxygens (including phenoxy) is 2. The van der Waals surface area contributed by atoms with Crippen LogP contribution in [0.5, 0.6) is 11.5 Å². The molecule has 154 valence electrons. The summed E-state index contributed by atoms with van der Waals surface area (Å²) in [6.07, 6.45) is 1.66. The van der Waals surface area contributed by atoms with Gasteiger partial charge < -0.3 is 14.4 Å². The summed E-state index contributed by atoms with van der Waals surface area (Å²) in [5.74, 6) is 0.304. The van der Waals surface area contributed by atoms with Crippen molar-refractivity contribution in [3.8, 4) is 11.5 Å². The Morgan fingerprint density at radius 2 is 1.97 bits per heavy atom. The first-order valence-electron chi connectivity index (χ1n) is 9.78. The first kappa shape index (κ1) is 18.7. The number of hydrogen-bond donors (Lipinski definition) is 2. The molecule has 5 rings (SSSR count). The smallest absolute Gasteiger partial charge is 0.269 e. The number of nitrogens with zero attached hydrogens (tertiary/aromatic N) is 2. The summed E-state index contributed by atoms with van der Waals surface area (Å²) in [4.78, 5) is 31.9. The van der Waals surface area contributed by atoms with Crippen molar-refractivity contribution in [3.05, 3.63) is 48.0 Å². The van der Waals surface area contributed by atoms with E-state index in [4.69, 9.17) is 14.5 Å². The molecule has 0 bridgehead atoms. The van der Waals surface area contributed by atoms with Crippen molar-refractivity contribution in [1.82, 2.24) is 15.8 Å². The maximum Gasteiger partial charge on any atom is 0.269 e. The minimum atomic E-state index is -0.402. The molecule has 9 heteroatoms. The average molecular weight is 424 g/mol. The summed E-state index contributed by atoms with van der Waals surface area (Å²) in [6, 6.07) is 12.9. The quantitative estimate of drug-likeness (QED) is 0.628. The van der Waals surface area contributed by atoms with Crippen molar-refractivity contribution in [3.63, 3.8) is 0 Å². The van der Waals surface area contributed by atoms with Gasteiger partial charge in [0.05, 0.1) is 16.1 Å². The number of thiazole rings is 1. The molecule has 0 spiro atoms. The Bertz CT molecular complexity index is 1080. The zero-order chi connectivity index (χ0) is 20.5. The molecule has 3 heterocycles. The van der Waals surface area contributed by atoms with Crippen LogP contribution in [0, 0.1) is 5.92 Å². The standard InChI is InChI=1S/C21H20N4O4S/c26-19(13-7-8-16-17(10-13)29-12-28-16)23-24-20(27)14-4-3-9-25(11-14)21-22-15-5-1-2-6-18(15)30-21/h1-2,5-8,10,14H,3-4,9,11-12H2,(H,23,26)(H,24,27). The molecule has 3 aromatic rings. The molecule has 1 fully saturated rings. The van der Waals surface area contributed by atoms with Gasteiger partial charge in [-0.3, -0.25) is 20.4 Å². The summed E-state index contributed by atoms with van der Waals surface area (Å²) in [5, 5.41) is 0.929. The van der Waals surface area contributed by atoms with Gasteiger partial charge in [-0.05, 0) is 43.2 Å². The van der Waals surface area contributed by atoms with Gasteiger partial charge in [-0.2, -0.15) is 0 Å². The predicted molar refractivity (Wildman–Crippen MR) is 113 cm³/mol. The van der Waals surface area contributed by atoms with Crippen LogP contribution in [0.1, 0.15) is 23.2 Å². The Morgan fingerprint density at radius 1 is 1.10 bits per heavy atom. The van der Waals surface area contributed by atoms with Crippen molar-refractivity contribution in [2.24, 2.45) is 5.92 Å². The van der Waals surface area contributed by atoms with Crippen molar-refractivity contribution in [1.29, 1.82) is 0 Å². The van der Waals surface area contributed by atoms with Gasteiger partial charge in [0.1, 0.15) is 0 Å². The molecule has 2 aromatic carbocycles. The highest BCUT2D eigenvalue weighted by molar-refractivity contribution is 7.22. The number of amides is 2. The zero-order valence-electron chi connectivity index (χ0n) is 16.1. The number of aromatic nitrogens is 1. The van der Waals surface area contributed by atoms with Gasteiger partial charge in [0.25, 0.3) is 5.91 Å². The van der Waals surface area contributed by atoms with Crippen LogP contribution >= 0.6 is 11.3 Å². The molecule has 8 nitrogen and oxygen atoms in total. The van der Waals surface area contributed by atoms with Gasteiger partial charge >= 0.3 is 0 Å². The maximum absolute atomic E-state index is 12.7. The van der Waals surface area contributed by atoms with E-state index < -0.39 is 5.91 Å². The minimum absolute atomic E-state index is 0.143. The topological polar surface area (TPSA) is 92.8 Å². The van der Waals surface area contributed by atoms with Gasteiger partial charge in [0, 0.05) is 18.7 Å². The third-order valence-corrected chi connectivity index (χ3v) is 6.38. The lowest BCUT2D eigenvalue weighted by molar-refractivity contribution is -0.126. The molecular weight excluding hydrogens is 404 g/mol. The first-order chi connectivity index (χ1) is 14.7. The van der Waals surface area contributed by atoms with E-state index in [1.807, 2.05) is 18.2 Å². The number of nitrogens with one attached hydrogen (secondary N) is 2. The van der Waals surface area contributed by atoms with E-state index >= 15 is 0 Å². The fraction of sp³-hybridized carbons (Fsp3) is 0.286. The van der Waals surface area contributed by atoms with Crippen LogP contribution in [0.25, 0.3) is 10.2 Å². The van der Waals surface area contributed by atoms with Crippen molar-refractivity contribution >= 4 is 38.5 Å². The predicted octanol–water partition coefficient (Wildman–Crippen LogP) is 2.70. The molecule has 2 aliphatic rings. The molecule has 2 amide bonds. The monoisotopic (exact) mass is 424 g/mol. The van der Waals surface area contributed by atoms with Crippen LogP contribution in [0.4, 0.5) is 5.13 Å². The molecule has 0 radical (unpaired) electrons. The van der Waals surface area contributed by atoms with Crippen LogP contribution in [0.2, 0.25) is 0 Å². The van der Waals surface area contributed by atoms with Crippen molar-refractivity contribution < 1.29 is 19.1 Å². The average Bonchev–Trinajstić information content (AvgIpc) is 3.43. The molecule has 1 unspecified atom stereocenters. The van der Waals surface area contributed by atoms with E-state index in [0.29, 0.717) is 23.6 Å². The van der Waals surface area contributed by atoms with Crippen LogP contribution in [-0.2, 0) is 4.79 Å². The Labute approximate surface area is 176 Å². The van der Waals surface area contributed by atoms with Gasteiger partial charge in [0.15, 0.2) is 16.6 Å². The SMILES string of the molecule is O=C(NNC(=O)C1CCCN(c2nc3ccccc3s2)C1)c1ccc2c(c1)OCO2. The molecular formula is C21H20N4O4S. The van der Waals surface area contributed by atoms with Gasteiger partial charge in [-0.15, -0.1) is 0 Å².